The number of nitrogens with zero attached hydrogens (tertiary/aromatic N) is 2. The largest absolute Gasteiger partial charge is 0.478 e. The van der Waals surface area contributed by atoms with Crippen molar-refractivity contribution in [2.45, 2.75) is 45.4 Å². The van der Waals surface area contributed by atoms with Crippen LogP contribution in [0.4, 0.5) is 13.2 Å². The van der Waals surface area contributed by atoms with Gasteiger partial charge in [0.05, 0.1) is 17.0 Å². The molecule has 35 heavy (non-hydrogen) atoms. The molecule has 6 nitrogen and oxygen atoms in total. The highest BCUT2D eigenvalue weighted by Crippen LogP contribution is 2.32. The lowest BCUT2D eigenvalue weighted by Crippen LogP contribution is -2.38. The highest BCUT2D eigenvalue weighted by molar-refractivity contribution is 5.83. The Bertz CT molecular complexity index is 1380. The van der Waals surface area contributed by atoms with E-state index in [0.717, 1.165) is 23.4 Å². The molecule has 1 N–H and O–H groups in total. The molecule has 0 bridgehead atoms. The summed E-state index contributed by atoms with van der Waals surface area (Å²) in [6.07, 6.45) is -3.39. The second-order valence-corrected chi connectivity index (χ2v) is 8.75. The van der Waals surface area contributed by atoms with Crippen molar-refractivity contribution in [3.05, 3.63) is 77.1 Å². The molecule has 4 aromatic rings. The zero-order valence-electron chi connectivity index (χ0n) is 19.3. The van der Waals surface area contributed by atoms with Gasteiger partial charge in [0.1, 0.15) is 5.75 Å². The van der Waals surface area contributed by atoms with Crippen LogP contribution in [-0.4, -0.2) is 26.8 Å². The summed E-state index contributed by atoms with van der Waals surface area (Å²) in [5.41, 5.74) is 1.74. The van der Waals surface area contributed by atoms with E-state index in [1.54, 1.807) is 31.2 Å². The number of carboxylic acids is 1. The van der Waals surface area contributed by atoms with Gasteiger partial charge in [-0.1, -0.05) is 23.4 Å². The van der Waals surface area contributed by atoms with Crippen molar-refractivity contribution >= 4 is 16.9 Å². The third-order valence-corrected chi connectivity index (χ3v) is 5.66. The van der Waals surface area contributed by atoms with E-state index in [-0.39, 0.29) is 0 Å². The number of aryl methyl sites for hydroxylation is 3. The van der Waals surface area contributed by atoms with Gasteiger partial charge in [-0.15, -0.1) is 0 Å². The molecule has 0 unspecified atom stereocenters. The van der Waals surface area contributed by atoms with Crippen LogP contribution in [-0.2, 0) is 23.8 Å². The number of rotatable bonds is 7. The van der Waals surface area contributed by atoms with Crippen molar-refractivity contribution < 1.29 is 32.3 Å². The Morgan fingerprint density at radius 1 is 1.06 bits per heavy atom. The van der Waals surface area contributed by atoms with Gasteiger partial charge in [0, 0.05) is 16.6 Å². The topological polar surface area (TPSA) is 85.5 Å². The number of aliphatic carboxylic acids is 1. The molecular weight excluding hydrogens is 461 g/mol. The first kappa shape index (κ1) is 24.3. The maximum atomic E-state index is 12.8. The van der Waals surface area contributed by atoms with Crippen molar-refractivity contribution in [3.63, 3.8) is 0 Å². The fourth-order valence-corrected chi connectivity index (χ4v) is 3.58. The van der Waals surface area contributed by atoms with Crippen LogP contribution < -0.4 is 4.74 Å². The lowest BCUT2D eigenvalue weighted by molar-refractivity contribution is -0.152. The maximum Gasteiger partial charge on any atom is 0.416 e. The quantitative estimate of drug-likeness (QED) is 0.334. The molecule has 182 valence electrons. The average Bonchev–Trinajstić information content (AvgIpc) is 3.19. The number of hydrogen-bond acceptors (Lipinski definition) is 5. The number of halogens is 3. The zero-order valence-corrected chi connectivity index (χ0v) is 19.3. The standard InChI is InChI=1S/C26H23F3N2O4/c1-15-13-23-19(14-22(15)34-25(2,3)24(32)33)21(31-35-23)12-11-18-5-4-6-20(30-18)16-7-9-17(10-8-16)26(27,28)29/h4-10,13-14H,11-12H2,1-3H3,(H,32,33). The van der Waals surface area contributed by atoms with Gasteiger partial charge in [0.15, 0.2) is 11.2 Å². The van der Waals surface area contributed by atoms with E-state index < -0.39 is 23.3 Å². The highest BCUT2D eigenvalue weighted by atomic mass is 19.4. The number of alkyl halides is 3. The normalized spacial score (nSPS) is 12.2. The molecule has 2 aromatic carbocycles. The Balaban J connectivity index is 1.54. The Hall–Kier alpha value is -3.88. The number of carbonyl (C=O) groups is 1. The van der Waals surface area contributed by atoms with Gasteiger partial charge in [-0.2, -0.15) is 13.2 Å². The van der Waals surface area contributed by atoms with Crippen LogP contribution in [0.1, 0.15) is 36.4 Å². The molecule has 4 rings (SSSR count). The summed E-state index contributed by atoms with van der Waals surface area (Å²) in [7, 11) is 0. The van der Waals surface area contributed by atoms with Gasteiger partial charge < -0.3 is 14.4 Å². The van der Waals surface area contributed by atoms with Gasteiger partial charge in [-0.25, -0.2) is 4.79 Å². The summed E-state index contributed by atoms with van der Waals surface area (Å²) in [6, 6.07) is 13.8. The number of aromatic nitrogens is 2. The molecule has 2 heterocycles. The van der Waals surface area contributed by atoms with E-state index in [9.17, 15) is 23.1 Å². The minimum absolute atomic E-state index is 0.428. The molecular formula is C26H23F3N2O4. The molecule has 0 fully saturated rings. The summed E-state index contributed by atoms with van der Waals surface area (Å²) in [5, 5.41) is 14.2. The summed E-state index contributed by atoms with van der Waals surface area (Å²) in [4.78, 5) is 16.0. The second-order valence-electron chi connectivity index (χ2n) is 8.75. The molecule has 0 saturated heterocycles. The molecule has 0 aliphatic heterocycles. The van der Waals surface area contributed by atoms with Gasteiger partial charge in [-0.3, -0.25) is 4.98 Å². The Kier molecular flexibility index (Phi) is 6.27. The van der Waals surface area contributed by atoms with Crippen LogP contribution in [0.3, 0.4) is 0 Å². The van der Waals surface area contributed by atoms with Crippen LogP contribution in [0, 0.1) is 6.92 Å². The van der Waals surface area contributed by atoms with Gasteiger partial charge in [0.25, 0.3) is 0 Å². The number of carboxylic acid groups (broad SMARTS) is 1. The Morgan fingerprint density at radius 3 is 2.43 bits per heavy atom. The summed E-state index contributed by atoms with van der Waals surface area (Å²) in [5.74, 6) is -0.654. The minimum atomic E-state index is -4.39. The highest BCUT2D eigenvalue weighted by Gasteiger charge is 2.31. The average molecular weight is 484 g/mol. The number of fused-ring (bicyclic) bond motifs is 1. The third kappa shape index (κ3) is 5.29. The fraction of sp³-hybridized carbons (Fsp3) is 0.269. The van der Waals surface area contributed by atoms with E-state index in [1.807, 2.05) is 6.07 Å². The van der Waals surface area contributed by atoms with Crippen LogP contribution in [0.15, 0.2) is 59.1 Å². The third-order valence-electron chi connectivity index (χ3n) is 5.66. The Labute approximate surface area is 199 Å². The maximum absolute atomic E-state index is 12.8. The predicted molar refractivity (Wildman–Crippen MR) is 123 cm³/mol. The van der Waals surface area contributed by atoms with E-state index >= 15 is 0 Å². The van der Waals surface area contributed by atoms with Gasteiger partial charge in [0.2, 0.25) is 0 Å². The zero-order chi connectivity index (χ0) is 25.4. The SMILES string of the molecule is Cc1cc2onc(CCc3cccc(-c4ccc(C(F)(F)F)cc4)n3)c2cc1OC(C)(C)C(=O)O. The molecule has 0 spiro atoms. The fourth-order valence-electron chi connectivity index (χ4n) is 3.58. The molecule has 0 aliphatic carbocycles. The first-order chi connectivity index (χ1) is 16.4. The molecule has 0 atom stereocenters. The van der Waals surface area contributed by atoms with Gasteiger partial charge in [-0.05, 0) is 75.6 Å². The van der Waals surface area contributed by atoms with Crippen molar-refractivity contribution in [1.29, 1.82) is 0 Å². The monoisotopic (exact) mass is 484 g/mol. The van der Waals surface area contributed by atoms with Crippen LogP contribution in [0.2, 0.25) is 0 Å². The molecule has 0 radical (unpaired) electrons. The first-order valence-electron chi connectivity index (χ1n) is 10.9. The minimum Gasteiger partial charge on any atom is -0.478 e. The number of ether oxygens (including phenoxy) is 1. The predicted octanol–water partition coefficient (Wildman–Crippen LogP) is 6.24. The van der Waals surface area contributed by atoms with Crippen LogP contribution in [0.25, 0.3) is 22.2 Å². The molecule has 0 amide bonds. The second kappa shape index (κ2) is 9.05. The van der Waals surface area contributed by atoms with Crippen molar-refractivity contribution in [2.24, 2.45) is 0 Å². The van der Waals surface area contributed by atoms with Crippen molar-refractivity contribution in [1.82, 2.24) is 10.1 Å². The lowest BCUT2D eigenvalue weighted by atomic mass is 10.1. The van der Waals surface area contributed by atoms with E-state index in [2.05, 4.69) is 10.1 Å². The molecule has 2 aromatic heterocycles. The van der Waals surface area contributed by atoms with Gasteiger partial charge >= 0.3 is 12.1 Å². The number of benzene rings is 2. The molecule has 9 heteroatoms. The number of pyridine rings is 1. The van der Waals surface area contributed by atoms with Crippen LogP contribution >= 0.6 is 0 Å². The van der Waals surface area contributed by atoms with E-state index in [1.165, 1.54) is 26.0 Å². The lowest BCUT2D eigenvalue weighted by Gasteiger charge is -2.22. The molecule has 0 saturated carbocycles. The first-order valence-corrected chi connectivity index (χ1v) is 10.9. The summed E-state index contributed by atoms with van der Waals surface area (Å²) >= 11 is 0. The summed E-state index contributed by atoms with van der Waals surface area (Å²) < 4.78 is 49.7. The molecule has 0 aliphatic rings. The van der Waals surface area contributed by atoms with Crippen molar-refractivity contribution in [2.75, 3.05) is 0 Å². The number of hydrogen-bond donors (Lipinski definition) is 1. The Morgan fingerprint density at radius 2 is 1.77 bits per heavy atom. The van der Waals surface area contributed by atoms with Crippen molar-refractivity contribution in [3.8, 4) is 17.0 Å². The van der Waals surface area contributed by atoms with Crippen LogP contribution in [0.5, 0.6) is 5.75 Å². The summed E-state index contributed by atoms with van der Waals surface area (Å²) in [6.45, 7) is 4.75. The smallest absolute Gasteiger partial charge is 0.416 e. The van der Waals surface area contributed by atoms with E-state index in [4.69, 9.17) is 9.26 Å². The van der Waals surface area contributed by atoms with E-state index in [0.29, 0.717) is 46.5 Å².